The number of unbranched alkanes of at least 4 members (excludes halogenated alkanes) is 2. The molecule has 0 aliphatic heterocycles. The zero-order valence-corrected chi connectivity index (χ0v) is 15.3. The van der Waals surface area contributed by atoms with Crippen LogP contribution >= 0.6 is 0 Å². The fourth-order valence-corrected chi connectivity index (χ4v) is 2.84. The summed E-state index contributed by atoms with van der Waals surface area (Å²) in [7, 11) is 0. The number of nitrogens with one attached hydrogen (secondary N) is 1. The van der Waals surface area contributed by atoms with Gasteiger partial charge >= 0.3 is 0 Å². The molecule has 0 fully saturated rings. The third-order valence-corrected chi connectivity index (χ3v) is 4.16. The quantitative estimate of drug-likeness (QED) is 0.551. The van der Waals surface area contributed by atoms with E-state index in [9.17, 15) is 0 Å². The van der Waals surface area contributed by atoms with Gasteiger partial charge in [-0.05, 0) is 56.2 Å². The summed E-state index contributed by atoms with van der Waals surface area (Å²) in [5.74, 6) is 2.42. The van der Waals surface area contributed by atoms with Gasteiger partial charge in [0.15, 0.2) is 11.5 Å². The van der Waals surface area contributed by atoms with Gasteiger partial charge in [-0.15, -0.1) is 0 Å². The van der Waals surface area contributed by atoms with Crippen molar-refractivity contribution in [2.75, 3.05) is 13.2 Å². The number of imidazole rings is 1. The number of H-pyrrole nitrogens is 1. The second-order valence-corrected chi connectivity index (χ2v) is 6.26. The topological polar surface area (TPSA) is 47.1 Å². The maximum Gasteiger partial charge on any atom is 0.161 e. The van der Waals surface area contributed by atoms with Crippen LogP contribution in [0.4, 0.5) is 0 Å². The van der Waals surface area contributed by atoms with E-state index in [0.29, 0.717) is 6.61 Å². The zero-order valence-electron chi connectivity index (χ0n) is 15.3. The molecule has 1 N–H and O–H groups in total. The van der Waals surface area contributed by atoms with Crippen molar-refractivity contribution in [1.29, 1.82) is 0 Å². The Kier molecular flexibility index (Phi) is 5.59. The maximum absolute atomic E-state index is 5.90. The molecule has 25 heavy (non-hydrogen) atoms. The third-order valence-electron chi connectivity index (χ3n) is 4.16. The van der Waals surface area contributed by atoms with Crippen molar-refractivity contribution in [2.24, 2.45) is 0 Å². The van der Waals surface area contributed by atoms with Crippen LogP contribution in [0.25, 0.3) is 22.4 Å². The third kappa shape index (κ3) is 4.13. The summed E-state index contributed by atoms with van der Waals surface area (Å²) in [6.45, 7) is 7.58. The van der Waals surface area contributed by atoms with Crippen LogP contribution in [0.15, 0.2) is 36.4 Å². The van der Waals surface area contributed by atoms with E-state index in [4.69, 9.17) is 9.47 Å². The first-order valence-corrected chi connectivity index (χ1v) is 9.07. The van der Waals surface area contributed by atoms with Gasteiger partial charge in [-0.1, -0.05) is 25.8 Å². The Labute approximate surface area is 149 Å². The fraction of sp³-hybridized carbons (Fsp3) is 0.381. The average Bonchev–Trinajstić information content (AvgIpc) is 3.03. The molecule has 0 atom stereocenters. The molecule has 0 radical (unpaired) electrons. The Morgan fingerprint density at radius 1 is 0.960 bits per heavy atom. The van der Waals surface area contributed by atoms with E-state index in [1.54, 1.807) is 0 Å². The molecular formula is C21H26N2O2. The summed E-state index contributed by atoms with van der Waals surface area (Å²) < 4.78 is 11.7. The van der Waals surface area contributed by atoms with Gasteiger partial charge in [0.05, 0.1) is 24.2 Å². The van der Waals surface area contributed by atoms with E-state index in [-0.39, 0.29) is 0 Å². The molecule has 2 aromatic carbocycles. The number of nitrogens with zero attached hydrogens (tertiary/aromatic N) is 1. The van der Waals surface area contributed by atoms with Crippen LogP contribution < -0.4 is 9.47 Å². The van der Waals surface area contributed by atoms with Crippen molar-refractivity contribution in [2.45, 2.75) is 40.0 Å². The van der Waals surface area contributed by atoms with Crippen molar-refractivity contribution in [3.8, 4) is 22.9 Å². The van der Waals surface area contributed by atoms with Crippen LogP contribution in [-0.4, -0.2) is 23.2 Å². The lowest BCUT2D eigenvalue weighted by molar-refractivity contribution is 0.271. The van der Waals surface area contributed by atoms with E-state index >= 15 is 0 Å². The molecule has 0 saturated carbocycles. The van der Waals surface area contributed by atoms with Gasteiger partial charge in [0.25, 0.3) is 0 Å². The van der Waals surface area contributed by atoms with Crippen LogP contribution in [0.3, 0.4) is 0 Å². The number of aryl methyl sites for hydroxylation is 1. The van der Waals surface area contributed by atoms with Gasteiger partial charge < -0.3 is 14.5 Å². The molecule has 0 saturated heterocycles. The normalized spacial score (nSPS) is 11.0. The van der Waals surface area contributed by atoms with Crippen molar-refractivity contribution >= 4 is 11.0 Å². The number of hydrogen-bond acceptors (Lipinski definition) is 3. The van der Waals surface area contributed by atoms with Crippen LogP contribution in [0.2, 0.25) is 0 Å². The summed E-state index contributed by atoms with van der Waals surface area (Å²) >= 11 is 0. The number of fused-ring (bicyclic) bond motifs is 1. The van der Waals surface area contributed by atoms with Gasteiger partial charge in [-0.25, -0.2) is 4.98 Å². The largest absolute Gasteiger partial charge is 0.490 e. The lowest BCUT2D eigenvalue weighted by Gasteiger charge is -2.12. The Morgan fingerprint density at radius 2 is 1.84 bits per heavy atom. The molecule has 132 valence electrons. The smallest absolute Gasteiger partial charge is 0.161 e. The van der Waals surface area contributed by atoms with E-state index in [0.717, 1.165) is 46.9 Å². The van der Waals surface area contributed by atoms with E-state index in [2.05, 4.69) is 35.9 Å². The highest BCUT2D eigenvalue weighted by Crippen LogP contribution is 2.33. The van der Waals surface area contributed by atoms with Crippen LogP contribution in [0.5, 0.6) is 11.5 Å². The van der Waals surface area contributed by atoms with Crippen LogP contribution in [0, 0.1) is 6.92 Å². The Hall–Kier alpha value is -2.49. The van der Waals surface area contributed by atoms with Crippen LogP contribution in [-0.2, 0) is 0 Å². The minimum atomic E-state index is 0.605. The van der Waals surface area contributed by atoms with Crippen molar-refractivity contribution < 1.29 is 9.47 Å². The summed E-state index contributed by atoms with van der Waals surface area (Å²) in [5.41, 5.74) is 4.23. The second-order valence-electron chi connectivity index (χ2n) is 6.26. The molecule has 4 nitrogen and oxygen atoms in total. The Morgan fingerprint density at radius 3 is 2.64 bits per heavy atom. The molecule has 0 unspecified atom stereocenters. The van der Waals surface area contributed by atoms with E-state index in [1.165, 1.54) is 18.4 Å². The van der Waals surface area contributed by atoms with Gasteiger partial charge in [-0.2, -0.15) is 0 Å². The van der Waals surface area contributed by atoms with E-state index < -0.39 is 0 Å². The molecule has 4 heteroatoms. The van der Waals surface area contributed by atoms with Crippen LogP contribution in [0.1, 0.15) is 38.7 Å². The highest BCUT2D eigenvalue weighted by molar-refractivity contribution is 5.80. The molecule has 3 rings (SSSR count). The predicted molar refractivity (Wildman–Crippen MR) is 102 cm³/mol. The minimum absolute atomic E-state index is 0.605. The number of benzene rings is 2. The monoisotopic (exact) mass is 338 g/mol. The van der Waals surface area contributed by atoms with Crippen molar-refractivity contribution in [1.82, 2.24) is 9.97 Å². The van der Waals surface area contributed by atoms with Gasteiger partial charge in [0.2, 0.25) is 0 Å². The predicted octanol–water partition coefficient (Wildman–Crippen LogP) is 5.51. The summed E-state index contributed by atoms with van der Waals surface area (Å²) in [4.78, 5) is 8.08. The summed E-state index contributed by atoms with van der Waals surface area (Å²) in [5, 5.41) is 0. The first-order valence-electron chi connectivity index (χ1n) is 9.07. The molecule has 0 aliphatic carbocycles. The minimum Gasteiger partial charge on any atom is -0.490 e. The molecule has 1 aromatic heterocycles. The highest BCUT2D eigenvalue weighted by atomic mass is 16.5. The van der Waals surface area contributed by atoms with Gasteiger partial charge in [0, 0.05) is 5.56 Å². The lowest BCUT2D eigenvalue weighted by atomic mass is 10.2. The van der Waals surface area contributed by atoms with Crippen molar-refractivity contribution in [3.05, 3.63) is 42.0 Å². The Balaban J connectivity index is 1.86. The summed E-state index contributed by atoms with van der Waals surface area (Å²) in [6, 6.07) is 12.2. The summed E-state index contributed by atoms with van der Waals surface area (Å²) in [6.07, 6.45) is 3.43. The standard InChI is InChI=1S/C21H26N2O2/c1-4-6-7-12-25-19-11-9-16(14-20(19)24-5-2)21-22-17-10-8-15(3)13-18(17)23-21/h8-11,13-14H,4-7,12H2,1-3H3,(H,22,23). The maximum atomic E-state index is 5.90. The lowest BCUT2D eigenvalue weighted by Crippen LogP contribution is -2.01. The number of aromatic amines is 1. The number of ether oxygens (including phenoxy) is 2. The first-order chi connectivity index (χ1) is 12.2. The van der Waals surface area contributed by atoms with Crippen molar-refractivity contribution in [3.63, 3.8) is 0 Å². The number of rotatable bonds is 8. The van der Waals surface area contributed by atoms with Gasteiger partial charge in [-0.3, -0.25) is 0 Å². The zero-order chi connectivity index (χ0) is 17.6. The first kappa shape index (κ1) is 17.3. The number of aromatic nitrogens is 2. The molecule has 1 heterocycles. The van der Waals surface area contributed by atoms with E-state index in [1.807, 2.05) is 31.2 Å². The molecular weight excluding hydrogens is 312 g/mol. The Bertz CT molecular complexity index is 839. The highest BCUT2D eigenvalue weighted by Gasteiger charge is 2.11. The fourth-order valence-electron chi connectivity index (χ4n) is 2.84. The number of hydrogen-bond donors (Lipinski definition) is 1. The van der Waals surface area contributed by atoms with Gasteiger partial charge in [0.1, 0.15) is 5.82 Å². The molecule has 0 aliphatic rings. The SMILES string of the molecule is CCCCCOc1ccc(-c2nc3ccc(C)cc3[nH]2)cc1OCC. The molecule has 0 spiro atoms. The molecule has 3 aromatic rings. The second kappa shape index (κ2) is 8.06. The molecule has 0 amide bonds. The molecule has 0 bridgehead atoms. The average molecular weight is 338 g/mol.